The molecule has 2 aromatic rings. The number of hydrogen-bond donors (Lipinski definition) is 3. The maximum Gasteiger partial charge on any atom is 0.255 e. The number of hydrogen-bond acceptors (Lipinski definition) is 6. The van der Waals surface area contributed by atoms with E-state index in [0.717, 1.165) is 19.3 Å². The number of ether oxygens (including phenoxy) is 1. The third-order valence-corrected chi connectivity index (χ3v) is 4.93. The summed E-state index contributed by atoms with van der Waals surface area (Å²) in [7, 11) is -3.43. The van der Waals surface area contributed by atoms with Crippen LogP contribution in [0.1, 0.15) is 10.4 Å². The van der Waals surface area contributed by atoms with Gasteiger partial charge in [0, 0.05) is 35.7 Å². The predicted molar refractivity (Wildman–Crippen MR) is 115 cm³/mol. The molecule has 9 nitrogen and oxygen atoms in total. The molecule has 10 heteroatoms. The molecule has 1 aliphatic heterocycles. The van der Waals surface area contributed by atoms with Crippen LogP contribution >= 0.6 is 0 Å². The minimum absolute atomic E-state index is 0.108. The molecule has 0 unspecified atom stereocenters. The Bertz CT molecular complexity index is 1000. The summed E-state index contributed by atoms with van der Waals surface area (Å²) >= 11 is 0. The van der Waals surface area contributed by atoms with Gasteiger partial charge in [-0.3, -0.25) is 19.2 Å². The molecule has 3 N–H and O–H groups in total. The molecule has 2 amide bonds. The summed E-state index contributed by atoms with van der Waals surface area (Å²) in [6.45, 7) is 3.04. The molecule has 0 saturated carbocycles. The largest absolute Gasteiger partial charge is 0.379 e. The van der Waals surface area contributed by atoms with Crippen molar-refractivity contribution < 1.29 is 22.7 Å². The molecule has 0 spiro atoms. The first-order valence-electron chi connectivity index (χ1n) is 9.38. The van der Waals surface area contributed by atoms with E-state index in [1.165, 1.54) is 6.07 Å². The average Bonchev–Trinajstić information content (AvgIpc) is 2.69. The molecule has 1 aliphatic rings. The Balaban J connectivity index is 1.55. The van der Waals surface area contributed by atoms with Gasteiger partial charge in [-0.25, -0.2) is 8.42 Å². The van der Waals surface area contributed by atoms with Crippen molar-refractivity contribution in [2.45, 2.75) is 0 Å². The van der Waals surface area contributed by atoms with Gasteiger partial charge >= 0.3 is 0 Å². The Hall–Kier alpha value is -2.95. The minimum atomic E-state index is -3.43. The lowest BCUT2D eigenvalue weighted by Crippen LogP contribution is -2.41. The molecule has 0 bridgehead atoms. The number of nitrogens with zero attached hydrogens (tertiary/aromatic N) is 1. The number of nitrogens with one attached hydrogen (secondary N) is 3. The zero-order chi connectivity index (χ0) is 21.6. The van der Waals surface area contributed by atoms with Gasteiger partial charge in [0.25, 0.3) is 5.91 Å². The van der Waals surface area contributed by atoms with Gasteiger partial charge < -0.3 is 15.4 Å². The van der Waals surface area contributed by atoms with Crippen molar-refractivity contribution in [2.24, 2.45) is 0 Å². The summed E-state index contributed by atoms with van der Waals surface area (Å²) in [6.07, 6.45) is 1.04. The zero-order valence-electron chi connectivity index (χ0n) is 16.6. The van der Waals surface area contributed by atoms with Crippen LogP contribution in [0.5, 0.6) is 0 Å². The molecular weight excluding hydrogens is 408 g/mol. The second kappa shape index (κ2) is 9.70. The highest BCUT2D eigenvalue weighted by molar-refractivity contribution is 7.92. The maximum absolute atomic E-state index is 12.4. The molecule has 2 aromatic carbocycles. The van der Waals surface area contributed by atoms with E-state index < -0.39 is 10.0 Å². The molecule has 0 aromatic heterocycles. The molecule has 0 atom stereocenters. The van der Waals surface area contributed by atoms with E-state index in [0.29, 0.717) is 42.4 Å². The monoisotopic (exact) mass is 432 g/mol. The lowest BCUT2D eigenvalue weighted by atomic mass is 10.2. The van der Waals surface area contributed by atoms with Gasteiger partial charge in [0.2, 0.25) is 15.9 Å². The summed E-state index contributed by atoms with van der Waals surface area (Å²) in [6, 6.07) is 13.0. The SMILES string of the molecule is CS(=O)(=O)Nc1cccc(C(=O)Nc2ccc(NC(=O)CN3CCOCC3)cc2)c1. The van der Waals surface area contributed by atoms with Crippen LogP contribution in [0.25, 0.3) is 0 Å². The highest BCUT2D eigenvalue weighted by Gasteiger charge is 2.14. The fourth-order valence-corrected chi connectivity index (χ4v) is 3.50. The number of sulfonamides is 1. The molecule has 1 fully saturated rings. The van der Waals surface area contributed by atoms with Crippen molar-refractivity contribution in [3.05, 3.63) is 54.1 Å². The van der Waals surface area contributed by atoms with Crippen molar-refractivity contribution in [2.75, 3.05) is 54.5 Å². The predicted octanol–water partition coefficient (Wildman–Crippen LogP) is 1.58. The van der Waals surface area contributed by atoms with Crippen molar-refractivity contribution >= 4 is 38.9 Å². The Labute approximate surface area is 175 Å². The fraction of sp³-hybridized carbons (Fsp3) is 0.300. The van der Waals surface area contributed by atoms with Crippen LogP contribution in [-0.4, -0.2) is 64.2 Å². The van der Waals surface area contributed by atoms with Gasteiger partial charge in [-0.15, -0.1) is 0 Å². The van der Waals surface area contributed by atoms with Crippen LogP contribution in [0.3, 0.4) is 0 Å². The quantitative estimate of drug-likeness (QED) is 0.612. The smallest absolute Gasteiger partial charge is 0.255 e. The highest BCUT2D eigenvalue weighted by Crippen LogP contribution is 2.17. The van der Waals surface area contributed by atoms with Gasteiger partial charge in [-0.05, 0) is 42.5 Å². The summed E-state index contributed by atoms with van der Waals surface area (Å²) in [4.78, 5) is 26.6. The Morgan fingerprint density at radius 1 is 0.967 bits per heavy atom. The number of benzene rings is 2. The van der Waals surface area contributed by atoms with Crippen LogP contribution in [0.2, 0.25) is 0 Å². The zero-order valence-corrected chi connectivity index (χ0v) is 17.4. The average molecular weight is 433 g/mol. The Kier molecular flexibility index (Phi) is 7.03. The molecule has 0 radical (unpaired) electrons. The number of anilines is 3. The molecule has 160 valence electrons. The number of rotatable bonds is 7. The summed E-state index contributed by atoms with van der Waals surface area (Å²) in [5, 5.41) is 5.57. The van der Waals surface area contributed by atoms with E-state index in [4.69, 9.17) is 4.74 Å². The van der Waals surface area contributed by atoms with Gasteiger partial charge in [-0.1, -0.05) is 6.07 Å². The number of carbonyl (C=O) groups excluding carboxylic acids is 2. The number of morpholine rings is 1. The van der Waals surface area contributed by atoms with E-state index in [1.807, 2.05) is 4.90 Å². The summed E-state index contributed by atoms with van der Waals surface area (Å²) < 4.78 is 30.3. The second-order valence-corrected chi connectivity index (χ2v) is 8.67. The maximum atomic E-state index is 12.4. The molecular formula is C20H24N4O5S. The minimum Gasteiger partial charge on any atom is -0.379 e. The fourth-order valence-electron chi connectivity index (χ4n) is 2.94. The molecule has 30 heavy (non-hydrogen) atoms. The first-order valence-corrected chi connectivity index (χ1v) is 11.3. The topological polar surface area (TPSA) is 117 Å². The lowest BCUT2D eigenvalue weighted by molar-refractivity contribution is -0.118. The lowest BCUT2D eigenvalue weighted by Gasteiger charge is -2.25. The first kappa shape index (κ1) is 21.8. The van der Waals surface area contributed by atoms with Gasteiger partial charge in [0.1, 0.15) is 0 Å². The van der Waals surface area contributed by atoms with Crippen molar-refractivity contribution in [3.63, 3.8) is 0 Å². The highest BCUT2D eigenvalue weighted by atomic mass is 32.2. The third-order valence-electron chi connectivity index (χ3n) is 4.33. The number of amides is 2. The molecule has 3 rings (SSSR count). The summed E-state index contributed by atoms with van der Waals surface area (Å²) in [5.74, 6) is -0.486. The van der Waals surface area contributed by atoms with Crippen molar-refractivity contribution in [3.8, 4) is 0 Å². The molecule has 1 heterocycles. The van der Waals surface area contributed by atoms with E-state index >= 15 is 0 Å². The van der Waals surface area contributed by atoms with Crippen molar-refractivity contribution in [1.82, 2.24) is 4.90 Å². The van der Waals surface area contributed by atoms with Gasteiger partial charge in [0.05, 0.1) is 26.0 Å². The second-order valence-electron chi connectivity index (χ2n) is 6.92. The van der Waals surface area contributed by atoms with Crippen LogP contribution in [0.15, 0.2) is 48.5 Å². The van der Waals surface area contributed by atoms with Gasteiger partial charge in [0.15, 0.2) is 0 Å². The van der Waals surface area contributed by atoms with Crippen LogP contribution in [-0.2, 0) is 19.6 Å². The van der Waals surface area contributed by atoms with Crippen LogP contribution in [0.4, 0.5) is 17.1 Å². The Morgan fingerprint density at radius 3 is 2.23 bits per heavy atom. The van der Waals surface area contributed by atoms with E-state index in [-0.39, 0.29) is 11.8 Å². The standard InChI is InChI=1S/C20H24N4O5S/c1-30(27,28)23-18-4-2-3-15(13-18)20(26)22-17-7-5-16(6-8-17)21-19(25)14-24-9-11-29-12-10-24/h2-8,13,23H,9-12,14H2,1H3,(H,21,25)(H,22,26). The van der Waals surface area contributed by atoms with E-state index in [1.54, 1.807) is 42.5 Å². The molecule has 0 aliphatic carbocycles. The first-order chi connectivity index (χ1) is 14.3. The third kappa shape index (κ3) is 6.83. The van der Waals surface area contributed by atoms with E-state index in [2.05, 4.69) is 15.4 Å². The normalized spacial score (nSPS) is 14.7. The van der Waals surface area contributed by atoms with Crippen LogP contribution in [0, 0.1) is 0 Å². The van der Waals surface area contributed by atoms with Crippen LogP contribution < -0.4 is 15.4 Å². The van der Waals surface area contributed by atoms with Crippen molar-refractivity contribution in [1.29, 1.82) is 0 Å². The van der Waals surface area contributed by atoms with Gasteiger partial charge in [-0.2, -0.15) is 0 Å². The van der Waals surface area contributed by atoms with E-state index in [9.17, 15) is 18.0 Å². The number of carbonyl (C=O) groups is 2. The molecule has 1 saturated heterocycles. The Morgan fingerprint density at radius 2 is 1.60 bits per heavy atom. The summed E-state index contributed by atoms with van der Waals surface area (Å²) in [5.41, 5.74) is 1.80.